The number of esters is 1. The van der Waals surface area contributed by atoms with Crippen LogP contribution in [-0.4, -0.2) is 40.3 Å². The second-order valence-corrected chi connectivity index (χ2v) is 7.40. The van der Waals surface area contributed by atoms with Gasteiger partial charge in [-0.2, -0.15) is 0 Å². The number of hydrogen-bond acceptors (Lipinski definition) is 5. The Kier molecular flexibility index (Phi) is 6.49. The number of hydrogen-bond donors (Lipinski definition) is 1. The van der Waals surface area contributed by atoms with Gasteiger partial charge in [0.1, 0.15) is 5.82 Å². The fraction of sp³-hybridized carbons (Fsp3) is 0.333. The van der Waals surface area contributed by atoms with Crippen LogP contribution in [0.2, 0.25) is 5.02 Å². The first-order valence-electron chi connectivity index (χ1n) is 9.32. The van der Waals surface area contributed by atoms with Crippen LogP contribution in [0.1, 0.15) is 31.9 Å². The Morgan fingerprint density at radius 3 is 2.59 bits per heavy atom. The van der Waals surface area contributed by atoms with Crippen molar-refractivity contribution in [3.63, 3.8) is 0 Å². The molecule has 1 aromatic heterocycles. The van der Waals surface area contributed by atoms with Crippen LogP contribution >= 0.6 is 11.6 Å². The van der Waals surface area contributed by atoms with Gasteiger partial charge in [-0.25, -0.2) is 4.98 Å². The second kappa shape index (κ2) is 9.05. The van der Waals surface area contributed by atoms with Crippen molar-refractivity contribution >= 4 is 35.2 Å². The summed E-state index contributed by atoms with van der Waals surface area (Å²) in [5.41, 5.74) is 0.998. The number of pyridine rings is 1. The average Bonchev–Trinajstić information content (AvgIpc) is 3.11. The van der Waals surface area contributed by atoms with Crippen LogP contribution in [0.5, 0.6) is 0 Å². The molecule has 2 aromatic rings. The van der Waals surface area contributed by atoms with Crippen LogP contribution in [0.15, 0.2) is 48.7 Å². The fourth-order valence-corrected chi connectivity index (χ4v) is 3.29. The molecule has 0 unspecified atom stereocenters. The lowest BCUT2D eigenvalue weighted by molar-refractivity contribution is -0.157. The lowest BCUT2D eigenvalue weighted by Gasteiger charge is -2.25. The molecule has 7 nitrogen and oxygen atoms in total. The van der Waals surface area contributed by atoms with Crippen LogP contribution in [0.3, 0.4) is 0 Å². The molecule has 8 heteroatoms. The average molecular weight is 416 g/mol. The first-order chi connectivity index (χ1) is 13.8. The lowest BCUT2D eigenvalue weighted by Crippen LogP contribution is -2.34. The molecule has 29 heavy (non-hydrogen) atoms. The second-order valence-electron chi connectivity index (χ2n) is 6.96. The maximum Gasteiger partial charge on any atom is 0.312 e. The van der Waals surface area contributed by atoms with Crippen molar-refractivity contribution in [1.29, 1.82) is 0 Å². The Balaban J connectivity index is 1.55. The normalized spacial score (nSPS) is 18.2. The Bertz CT molecular complexity index is 889. The summed E-state index contributed by atoms with van der Waals surface area (Å²) < 4.78 is 5.29. The molecule has 0 saturated carbocycles. The standard InChI is InChI=1S/C21H22ClN3O4/c1-13(15-6-4-3-5-7-15)25-12-16(10-19(25)26)21(28)29-14(2)20(27)24-18-9-8-17(22)11-23-18/h3-9,11,13-14,16H,10,12H2,1-2H3,(H,23,24,27)/t13-,14+,16+/m1/s1. The molecule has 1 aliphatic rings. The van der Waals surface area contributed by atoms with E-state index in [4.69, 9.17) is 16.3 Å². The summed E-state index contributed by atoms with van der Waals surface area (Å²) >= 11 is 5.76. The van der Waals surface area contributed by atoms with Gasteiger partial charge in [0, 0.05) is 19.2 Å². The van der Waals surface area contributed by atoms with Gasteiger partial charge in [-0.1, -0.05) is 41.9 Å². The highest BCUT2D eigenvalue weighted by Crippen LogP contribution is 2.29. The molecule has 2 amide bonds. The number of nitrogens with one attached hydrogen (secondary N) is 1. The van der Waals surface area contributed by atoms with E-state index in [9.17, 15) is 14.4 Å². The van der Waals surface area contributed by atoms with Crippen molar-refractivity contribution in [3.8, 4) is 0 Å². The third-order valence-electron chi connectivity index (χ3n) is 4.88. The number of nitrogens with zero attached hydrogens (tertiary/aromatic N) is 2. The summed E-state index contributed by atoms with van der Waals surface area (Å²) in [6.45, 7) is 3.67. The quantitative estimate of drug-likeness (QED) is 0.732. The van der Waals surface area contributed by atoms with E-state index in [-0.39, 0.29) is 24.9 Å². The minimum absolute atomic E-state index is 0.0725. The van der Waals surface area contributed by atoms with Crippen molar-refractivity contribution < 1.29 is 19.1 Å². The molecule has 0 bridgehead atoms. The molecule has 1 saturated heterocycles. The molecule has 1 aliphatic heterocycles. The Morgan fingerprint density at radius 1 is 1.21 bits per heavy atom. The molecular formula is C21H22ClN3O4. The van der Waals surface area contributed by atoms with Crippen LogP contribution in [-0.2, 0) is 19.1 Å². The number of rotatable bonds is 6. The number of amides is 2. The molecule has 3 rings (SSSR count). The molecule has 0 spiro atoms. The van der Waals surface area contributed by atoms with E-state index in [1.807, 2.05) is 37.3 Å². The first kappa shape index (κ1) is 20.8. The Hall–Kier alpha value is -2.93. The van der Waals surface area contributed by atoms with E-state index < -0.39 is 23.9 Å². The zero-order valence-corrected chi connectivity index (χ0v) is 16.9. The number of aromatic nitrogens is 1. The van der Waals surface area contributed by atoms with E-state index >= 15 is 0 Å². The zero-order chi connectivity index (χ0) is 21.0. The summed E-state index contributed by atoms with van der Waals surface area (Å²) in [5, 5.41) is 3.01. The van der Waals surface area contributed by atoms with Crippen LogP contribution < -0.4 is 5.32 Å². The molecule has 0 radical (unpaired) electrons. The van der Waals surface area contributed by atoms with Crippen molar-refractivity contribution in [1.82, 2.24) is 9.88 Å². The van der Waals surface area contributed by atoms with E-state index in [2.05, 4.69) is 10.3 Å². The number of anilines is 1. The number of carbonyl (C=O) groups is 3. The van der Waals surface area contributed by atoms with Gasteiger partial charge in [0.25, 0.3) is 5.91 Å². The predicted molar refractivity (Wildman–Crippen MR) is 108 cm³/mol. The Morgan fingerprint density at radius 2 is 1.93 bits per heavy atom. The van der Waals surface area contributed by atoms with Gasteiger partial charge >= 0.3 is 5.97 Å². The summed E-state index contributed by atoms with van der Waals surface area (Å²) in [6, 6.07) is 12.6. The highest BCUT2D eigenvalue weighted by molar-refractivity contribution is 6.30. The molecule has 152 valence electrons. The summed E-state index contributed by atoms with van der Waals surface area (Å²) in [4.78, 5) is 42.8. The Labute approximate surface area is 174 Å². The third-order valence-corrected chi connectivity index (χ3v) is 5.11. The van der Waals surface area contributed by atoms with Gasteiger partial charge in [-0.3, -0.25) is 14.4 Å². The predicted octanol–water partition coefficient (Wildman–Crippen LogP) is 3.21. The first-order valence-corrected chi connectivity index (χ1v) is 9.70. The van der Waals surface area contributed by atoms with E-state index in [0.717, 1.165) is 5.56 Å². The van der Waals surface area contributed by atoms with Gasteiger partial charge in [-0.05, 0) is 31.5 Å². The van der Waals surface area contributed by atoms with E-state index in [1.165, 1.54) is 13.1 Å². The number of likely N-dealkylation sites (tertiary alicyclic amines) is 1. The van der Waals surface area contributed by atoms with Crippen LogP contribution in [0, 0.1) is 5.92 Å². The molecule has 3 atom stereocenters. The van der Waals surface area contributed by atoms with Gasteiger partial charge in [0.15, 0.2) is 6.10 Å². The van der Waals surface area contributed by atoms with E-state index in [0.29, 0.717) is 10.8 Å². The van der Waals surface area contributed by atoms with Crippen LogP contribution in [0.25, 0.3) is 0 Å². The summed E-state index contributed by atoms with van der Waals surface area (Å²) in [6.07, 6.45) is 0.458. The summed E-state index contributed by atoms with van der Waals surface area (Å²) in [5.74, 6) is -1.47. The van der Waals surface area contributed by atoms with Gasteiger partial charge in [0.05, 0.1) is 17.0 Å². The van der Waals surface area contributed by atoms with Crippen LogP contribution in [0.4, 0.5) is 5.82 Å². The maximum atomic E-state index is 12.5. The lowest BCUT2D eigenvalue weighted by atomic mass is 10.1. The largest absolute Gasteiger partial charge is 0.452 e. The van der Waals surface area contributed by atoms with Crippen molar-refractivity contribution in [2.45, 2.75) is 32.4 Å². The van der Waals surface area contributed by atoms with Crippen molar-refractivity contribution in [2.75, 3.05) is 11.9 Å². The smallest absolute Gasteiger partial charge is 0.312 e. The number of benzene rings is 1. The minimum atomic E-state index is -1.02. The fourth-order valence-electron chi connectivity index (χ4n) is 3.18. The highest BCUT2D eigenvalue weighted by Gasteiger charge is 2.38. The summed E-state index contributed by atoms with van der Waals surface area (Å²) in [7, 11) is 0. The molecule has 0 aliphatic carbocycles. The van der Waals surface area contributed by atoms with Gasteiger partial charge < -0.3 is 15.0 Å². The molecule has 1 aromatic carbocycles. The van der Waals surface area contributed by atoms with Crippen molar-refractivity contribution in [3.05, 3.63) is 59.2 Å². The zero-order valence-electron chi connectivity index (χ0n) is 16.2. The SMILES string of the molecule is C[C@H](OC(=O)[C@H]1CC(=O)N([C@H](C)c2ccccc2)C1)C(=O)Nc1ccc(Cl)cn1. The van der Waals surface area contributed by atoms with Gasteiger partial charge in [0.2, 0.25) is 5.91 Å². The van der Waals surface area contributed by atoms with Gasteiger partial charge in [-0.15, -0.1) is 0 Å². The molecule has 1 N–H and O–H groups in total. The molecule has 2 heterocycles. The molecular weight excluding hydrogens is 394 g/mol. The number of halogens is 1. The highest BCUT2D eigenvalue weighted by atomic mass is 35.5. The third kappa shape index (κ3) is 5.12. The monoisotopic (exact) mass is 415 g/mol. The van der Waals surface area contributed by atoms with Crippen molar-refractivity contribution in [2.24, 2.45) is 5.92 Å². The number of ether oxygens (including phenoxy) is 1. The molecule has 1 fully saturated rings. The maximum absolute atomic E-state index is 12.5. The topological polar surface area (TPSA) is 88.6 Å². The minimum Gasteiger partial charge on any atom is -0.452 e. The number of carbonyl (C=O) groups excluding carboxylic acids is 3. The van der Waals surface area contributed by atoms with E-state index in [1.54, 1.807) is 17.0 Å².